The largest absolute Gasteiger partial charge is 0.489 e. The molecule has 88 valence electrons. The van der Waals surface area contributed by atoms with Crippen molar-refractivity contribution in [2.24, 2.45) is 4.99 Å². The van der Waals surface area contributed by atoms with Crippen LogP contribution in [-0.4, -0.2) is 30.3 Å². The number of hydrogen-bond acceptors (Lipinski definition) is 4. The van der Waals surface area contributed by atoms with E-state index < -0.39 is 24.3 Å². The van der Waals surface area contributed by atoms with Crippen LogP contribution in [0.3, 0.4) is 0 Å². The Hall–Kier alpha value is -0.895. The second-order valence-electron chi connectivity index (χ2n) is 4.86. The molecule has 0 unspecified atom stereocenters. The zero-order chi connectivity index (χ0) is 12.4. The normalized spacial score (nSPS) is 24.4. The van der Waals surface area contributed by atoms with E-state index in [4.69, 9.17) is 9.31 Å². The highest BCUT2D eigenvalue weighted by molar-refractivity contribution is 6.48. The maximum atomic E-state index is 10.3. The molecule has 0 saturated carbocycles. The van der Waals surface area contributed by atoms with Crippen LogP contribution in [0.5, 0.6) is 0 Å². The van der Waals surface area contributed by atoms with Gasteiger partial charge in [0, 0.05) is 0 Å². The summed E-state index contributed by atoms with van der Waals surface area (Å²) in [7, 11) is -0.525. The summed E-state index contributed by atoms with van der Waals surface area (Å²) in [6, 6.07) is 0. The molecular weight excluding hydrogens is 205 g/mol. The molecular formula is C11H18BNO3. The summed E-state index contributed by atoms with van der Waals surface area (Å²) in [5.41, 5.74) is -0.814. The highest BCUT2D eigenvalue weighted by Gasteiger charge is 2.53. The van der Waals surface area contributed by atoms with Gasteiger partial charge < -0.3 is 9.31 Å². The lowest BCUT2D eigenvalue weighted by atomic mass is 9.78. The van der Waals surface area contributed by atoms with Gasteiger partial charge in [-0.05, 0) is 34.6 Å². The SMILES string of the molecule is C/C=C/[C@H](N=C=O)B1OC(C)(C)C(C)(C)O1. The average molecular weight is 223 g/mol. The molecule has 1 atom stereocenters. The molecule has 1 rings (SSSR count). The molecule has 1 saturated heterocycles. The molecule has 0 aromatic carbocycles. The van der Waals surface area contributed by atoms with Crippen LogP contribution >= 0.6 is 0 Å². The molecule has 1 aliphatic rings. The quantitative estimate of drug-likeness (QED) is 0.317. The lowest BCUT2D eigenvalue weighted by Gasteiger charge is -2.32. The Kier molecular flexibility index (Phi) is 3.74. The molecule has 1 fully saturated rings. The van der Waals surface area contributed by atoms with Crippen molar-refractivity contribution in [1.29, 1.82) is 0 Å². The molecule has 0 radical (unpaired) electrons. The number of isocyanates is 1. The molecule has 4 nitrogen and oxygen atoms in total. The van der Waals surface area contributed by atoms with Gasteiger partial charge in [0.25, 0.3) is 0 Å². The summed E-state index contributed by atoms with van der Waals surface area (Å²) in [4.78, 5) is 14.0. The van der Waals surface area contributed by atoms with Crippen molar-refractivity contribution in [3.05, 3.63) is 12.2 Å². The van der Waals surface area contributed by atoms with Crippen molar-refractivity contribution >= 4 is 13.2 Å². The van der Waals surface area contributed by atoms with Gasteiger partial charge in [-0.3, -0.25) is 0 Å². The van der Waals surface area contributed by atoms with Gasteiger partial charge in [0.1, 0.15) is 5.94 Å². The molecule has 0 aromatic rings. The van der Waals surface area contributed by atoms with E-state index in [9.17, 15) is 4.79 Å². The standard InChI is InChI=1S/C11H18BNO3/c1-6-7-9(13-8-14)12-15-10(2,3)11(4,5)16-12/h6-7,9H,1-5H3/b7-6+/t9-/m0/s1. The number of carbonyl (C=O) groups excluding carboxylic acids is 1. The molecule has 0 aromatic heterocycles. The molecule has 0 amide bonds. The summed E-state index contributed by atoms with van der Waals surface area (Å²) in [5.74, 6) is -0.427. The van der Waals surface area contributed by atoms with Crippen LogP contribution < -0.4 is 0 Å². The molecule has 1 heterocycles. The highest BCUT2D eigenvalue weighted by Crippen LogP contribution is 2.37. The van der Waals surface area contributed by atoms with Gasteiger partial charge in [-0.15, -0.1) is 0 Å². The predicted octanol–water partition coefficient (Wildman–Crippen LogP) is 1.90. The van der Waals surface area contributed by atoms with E-state index >= 15 is 0 Å². The number of hydrogen-bond donors (Lipinski definition) is 0. The van der Waals surface area contributed by atoms with Crippen molar-refractivity contribution < 1.29 is 14.1 Å². The molecule has 1 aliphatic heterocycles. The Morgan fingerprint density at radius 1 is 1.25 bits per heavy atom. The monoisotopic (exact) mass is 223 g/mol. The van der Waals surface area contributed by atoms with Crippen LogP contribution in [0.1, 0.15) is 34.6 Å². The molecule has 0 N–H and O–H groups in total. The van der Waals surface area contributed by atoms with Crippen LogP contribution in [0.4, 0.5) is 0 Å². The summed E-state index contributed by atoms with van der Waals surface area (Å²) in [6.07, 6.45) is 5.13. The first-order chi connectivity index (χ1) is 7.34. The van der Waals surface area contributed by atoms with Gasteiger partial charge in [0.15, 0.2) is 0 Å². The first-order valence-electron chi connectivity index (χ1n) is 5.39. The average Bonchev–Trinajstić information content (AvgIpc) is 2.36. The Balaban J connectivity index is 2.88. The van der Waals surface area contributed by atoms with Crippen molar-refractivity contribution in [1.82, 2.24) is 0 Å². The van der Waals surface area contributed by atoms with Gasteiger partial charge in [-0.1, -0.05) is 12.2 Å². The van der Waals surface area contributed by atoms with Crippen molar-refractivity contribution in [3.8, 4) is 0 Å². The third-order valence-corrected chi connectivity index (χ3v) is 3.14. The fraction of sp³-hybridized carbons (Fsp3) is 0.727. The van der Waals surface area contributed by atoms with Crippen molar-refractivity contribution in [3.63, 3.8) is 0 Å². The smallest absolute Gasteiger partial charge is 0.402 e. The van der Waals surface area contributed by atoms with E-state index in [0.29, 0.717) is 0 Å². The van der Waals surface area contributed by atoms with Crippen LogP contribution in [0.25, 0.3) is 0 Å². The van der Waals surface area contributed by atoms with Gasteiger partial charge in [0.05, 0.1) is 11.2 Å². The van der Waals surface area contributed by atoms with E-state index in [1.807, 2.05) is 40.7 Å². The molecule has 0 bridgehead atoms. The zero-order valence-electron chi connectivity index (χ0n) is 10.5. The third-order valence-electron chi connectivity index (χ3n) is 3.14. The van der Waals surface area contributed by atoms with Gasteiger partial charge in [-0.25, -0.2) is 9.79 Å². The van der Waals surface area contributed by atoms with Crippen molar-refractivity contribution in [2.45, 2.75) is 51.8 Å². The van der Waals surface area contributed by atoms with Crippen LogP contribution in [-0.2, 0) is 14.1 Å². The Morgan fingerprint density at radius 3 is 2.12 bits per heavy atom. The van der Waals surface area contributed by atoms with E-state index in [0.717, 1.165) is 0 Å². The van der Waals surface area contributed by atoms with Crippen LogP contribution in [0.15, 0.2) is 17.1 Å². The maximum absolute atomic E-state index is 10.3. The van der Waals surface area contributed by atoms with E-state index in [-0.39, 0.29) is 0 Å². The maximum Gasteiger partial charge on any atom is 0.489 e. The minimum Gasteiger partial charge on any atom is -0.402 e. The topological polar surface area (TPSA) is 47.9 Å². The lowest BCUT2D eigenvalue weighted by Crippen LogP contribution is -2.41. The summed E-state index contributed by atoms with van der Waals surface area (Å²) in [5, 5.41) is 0. The Labute approximate surface area is 96.9 Å². The number of nitrogens with zero attached hydrogens (tertiary/aromatic N) is 1. The van der Waals surface area contributed by atoms with Gasteiger partial charge in [0.2, 0.25) is 6.08 Å². The molecule has 5 heteroatoms. The number of allylic oxidation sites excluding steroid dienone is 1. The predicted molar refractivity (Wildman–Crippen MR) is 62.8 cm³/mol. The summed E-state index contributed by atoms with van der Waals surface area (Å²) in [6.45, 7) is 9.71. The van der Waals surface area contributed by atoms with Crippen molar-refractivity contribution in [2.75, 3.05) is 0 Å². The fourth-order valence-corrected chi connectivity index (χ4v) is 1.48. The van der Waals surface area contributed by atoms with Crippen LogP contribution in [0.2, 0.25) is 0 Å². The number of aliphatic imine (C=N–C) groups is 1. The highest BCUT2D eigenvalue weighted by atomic mass is 16.7. The minimum absolute atomic E-state index is 0.407. The lowest BCUT2D eigenvalue weighted by molar-refractivity contribution is 0.00578. The van der Waals surface area contributed by atoms with E-state index in [1.165, 1.54) is 0 Å². The Morgan fingerprint density at radius 2 is 1.75 bits per heavy atom. The summed E-state index contributed by atoms with van der Waals surface area (Å²) >= 11 is 0. The second kappa shape index (κ2) is 4.54. The van der Waals surface area contributed by atoms with Gasteiger partial charge in [-0.2, -0.15) is 0 Å². The summed E-state index contributed by atoms with van der Waals surface area (Å²) < 4.78 is 11.6. The minimum atomic E-state index is -0.525. The fourth-order valence-electron chi connectivity index (χ4n) is 1.48. The van der Waals surface area contributed by atoms with E-state index in [2.05, 4.69) is 4.99 Å². The molecule has 16 heavy (non-hydrogen) atoms. The third kappa shape index (κ3) is 2.43. The zero-order valence-corrected chi connectivity index (χ0v) is 10.5. The van der Waals surface area contributed by atoms with Crippen LogP contribution in [0, 0.1) is 0 Å². The first-order valence-corrected chi connectivity index (χ1v) is 5.39. The van der Waals surface area contributed by atoms with Gasteiger partial charge >= 0.3 is 7.12 Å². The second-order valence-corrected chi connectivity index (χ2v) is 4.86. The Bertz CT molecular complexity index is 316. The first kappa shape index (κ1) is 13.2. The van der Waals surface area contributed by atoms with E-state index in [1.54, 1.807) is 12.2 Å². The molecule has 0 aliphatic carbocycles. The molecule has 0 spiro atoms. The number of rotatable bonds is 3.